The highest BCUT2D eigenvalue weighted by atomic mass is 28.3. The lowest BCUT2D eigenvalue weighted by molar-refractivity contribution is 0.616. The average molecular weight is 733 g/mol. The molecule has 0 aliphatic heterocycles. The zero-order valence-corrected chi connectivity index (χ0v) is 31.6. The fourth-order valence-corrected chi connectivity index (χ4v) is 13.8. The molecule has 0 spiro atoms. The van der Waals surface area contributed by atoms with Crippen LogP contribution < -0.4 is 20.7 Å². The summed E-state index contributed by atoms with van der Waals surface area (Å²) < 4.78 is 10.4. The standard InChI is InChI=1S/C52H36N2OSi/c1-4-12-40(13-5-1)54-50-19-11-10-18-45(50)48-36-38(22-29-51(48)54)37-20-25-43(26-21-37)56(41-14-6-2-7-15-41,42-16-8-3-9-17-42)44-27-23-39(24-28-44)53-34-32-46-47-33-35-55-52(47)31-30-49(46)53/h1-36H/q-1. The lowest BCUT2D eigenvalue weighted by Crippen LogP contribution is -2.74. The van der Waals surface area contributed by atoms with Crippen LogP contribution in [-0.2, 0) is 0 Å². The molecule has 0 amide bonds. The zero-order valence-electron chi connectivity index (χ0n) is 30.6. The van der Waals surface area contributed by atoms with Crippen LogP contribution in [0.1, 0.15) is 0 Å². The molecule has 0 saturated carbocycles. The minimum atomic E-state index is -2.75. The number of hydrogen-bond donors (Lipinski definition) is 0. The molecule has 0 saturated heterocycles. The number of rotatable bonds is 7. The molecule has 0 bridgehead atoms. The molecule has 0 unspecified atom stereocenters. The van der Waals surface area contributed by atoms with Crippen LogP contribution in [0.4, 0.5) is 0 Å². The summed E-state index contributed by atoms with van der Waals surface area (Å²) in [4.78, 5) is 0. The Balaban J connectivity index is 1.05. The van der Waals surface area contributed by atoms with E-state index in [4.69, 9.17) is 4.42 Å². The lowest BCUT2D eigenvalue weighted by Gasteiger charge is -2.47. The first kappa shape index (κ1) is 32.3. The van der Waals surface area contributed by atoms with Gasteiger partial charge in [-0.2, -0.15) is 20.7 Å². The van der Waals surface area contributed by atoms with Gasteiger partial charge in [-0.05, 0) is 85.9 Å². The van der Waals surface area contributed by atoms with Gasteiger partial charge in [0.2, 0.25) is 0 Å². The third-order valence-corrected chi connectivity index (χ3v) is 16.4. The van der Waals surface area contributed by atoms with Crippen LogP contribution in [-0.4, -0.2) is 17.2 Å². The smallest absolute Gasteiger partial charge is 0.134 e. The Morgan fingerprint density at radius 2 is 0.911 bits per heavy atom. The molecule has 4 heteroatoms. The maximum atomic E-state index is 5.70. The Bertz CT molecular complexity index is 3120. The van der Waals surface area contributed by atoms with Gasteiger partial charge in [-0.3, -0.25) is 0 Å². The van der Waals surface area contributed by atoms with E-state index in [2.05, 4.69) is 222 Å². The summed E-state index contributed by atoms with van der Waals surface area (Å²) in [7, 11) is -2.75. The Labute approximate surface area is 326 Å². The number of para-hydroxylation sites is 2. The Hall–Kier alpha value is -7.14. The van der Waals surface area contributed by atoms with E-state index in [1.54, 1.807) is 6.26 Å². The highest BCUT2D eigenvalue weighted by Gasteiger charge is 2.28. The molecule has 0 N–H and O–H groups in total. The van der Waals surface area contributed by atoms with E-state index in [1.807, 2.05) is 0 Å². The number of fused-ring (bicyclic) bond motifs is 6. The van der Waals surface area contributed by atoms with Crippen LogP contribution in [0.5, 0.6) is 0 Å². The second kappa shape index (κ2) is 13.0. The van der Waals surface area contributed by atoms with Crippen LogP contribution >= 0.6 is 0 Å². The van der Waals surface area contributed by atoms with E-state index < -0.39 is 8.07 Å². The molecule has 0 aliphatic carbocycles. The molecule has 3 aromatic heterocycles. The van der Waals surface area contributed by atoms with E-state index in [0.29, 0.717) is 0 Å². The first-order valence-electron chi connectivity index (χ1n) is 19.2. The number of aromatic nitrogens is 2. The summed E-state index contributed by atoms with van der Waals surface area (Å²) in [6, 6.07) is 75.8. The second-order valence-electron chi connectivity index (χ2n) is 14.5. The van der Waals surface area contributed by atoms with Crippen molar-refractivity contribution in [2.45, 2.75) is 0 Å². The summed E-state index contributed by atoms with van der Waals surface area (Å²) in [5.74, 6) is 0. The molecular weight excluding hydrogens is 697 g/mol. The van der Waals surface area contributed by atoms with Gasteiger partial charge in [0.05, 0.1) is 22.8 Å². The number of nitrogens with zero attached hydrogens (tertiary/aromatic N) is 2. The van der Waals surface area contributed by atoms with Crippen molar-refractivity contribution in [1.82, 2.24) is 9.13 Å². The summed E-state index contributed by atoms with van der Waals surface area (Å²) in [6.07, 6.45) is 3.94. The van der Waals surface area contributed by atoms with Crippen molar-refractivity contribution >= 4 is 72.5 Å². The van der Waals surface area contributed by atoms with Gasteiger partial charge in [-0.1, -0.05) is 140 Å². The van der Waals surface area contributed by atoms with Crippen molar-refractivity contribution in [2.24, 2.45) is 0 Å². The van der Waals surface area contributed by atoms with Gasteiger partial charge in [0.1, 0.15) is 5.58 Å². The predicted octanol–water partition coefficient (Wildman–Crippen LogP) is 10.5. The quantitative estimate of drug-likeness (QED) is 0.118. The van der Waals surface area contributed by atoms with Crippen molar-refractivity contribution in [3.05, 3.63) is 219 Å². The largest absolute Gasteiger partial charge is 0.464 e. The molecule has 0 radical (unpaired) electrons. The monoisotopic (exact) mass is 732 g/mol. The van der Waals surface area contributed by atoms with Crippen LogP contribution in [0, 0.1) is 0 Å². The fourth-order valence-electron chi connectivity index (χ4n) is 9.06. The Morgan fingerprint density at radius 1 is 0.357 bits per heavy atom. The number of hydrogen-bond acceptors (Lipinski definition) is 1. The van der Waals surface area contributed by atoms with Crippen molar-refractivity contribution in [1.29, 1.82) is 0 Å². The summed E-state index contributed by atoms with van der Waals surface area (Å²) in [5, 5.41) is 10.3. The van der Waals surface area contributed by atoms with Crippen molar-refractivity contribution in [2.75, 3.05) is 0 Å². The van der Waals surface area contributed by atoms with E-state index >= 15 is 0 Å². The normalized spacial score (nSPS) is 11.9. The summed E-state index contributed by atoms with van der Waals surface area (Å²) in [5.41, 5.74) is 9.23. The highest BCUT2D eigenvalue weighted by Crippen LogP contribution is 2.35. The van der Waals surface area contributed by atoms with Crippen LogP contribution in [0.15, 0.2) is 223 Å². The first-order valence-corrected chi connectivity index (χ1v) is 21.2. The maximum absolute atomic E-state index is 5.70. The zero-order chi connectivity index (χ0) is 37.1. The molecule has 3 nitrogen and oxygen atoms in total. The molecule has 56 heavy (non-hydrogen) atoms. The van der Waals surface area contributed by atoms with E-state index in [-0.39, 0.29) is 0 Å². The predicted molar refractivity (Wildman–Crippen MR) is 236 cm³/mol. The maximum Gasteiger partial charge on any atom is 0.134 e. The van der Waals surface area contributed by atoms with Gasteiger partial charge in [-0.15, -0.1) is 0 Å². The molecule has 3 heterocycles. The molecular formula is C52H36N2OSi-. The molecule has 11 aromatic rings. The number of benzene rings is 8. The SMILES string of the molecule is c1ccc(-n2c3ccccc3c3cc(-c4ccc([Si-](c5ccccc5)(c5ccccc5)c5ccc(-n6ccc7c8ccoc8ccc76)cc5)cc4)ccc32)cc1. The van der Waals surface area contributed by atoms with E-state index in [9.17, 15) is 0 Å². The van der Waals surface area contributed by atoms with Gasteiger partial charge in [0.15, 0.2) is 0 Å². The third kappa shape index (κ3) is 4.97. The van der Waals surface area contributed by atoms with Crippen LogP contribution in [0.3, 0.4) is 0 Å². The summed E-state index contributed by atoms with van der Waals surface area (Å²) >= 11 is 0. The van der Waals surface area contributed by atoms with Gasteiger partial charge < -0.3 is 13.6 Å². The van der Waals surface area contributed by atoms with E-state index in [0.717, 1.165) is 16.7 Å². The average Bonchev–Trinajstić information content (AvgIpc) is 4.02. The van der Waals surface area contributed by atoms with Crippen LogP contribution in [0.25, 0.3) is 66.2 Å². The minimum absolute atomic E-state index is 0.911. The number of furan rings is 1. The second-order valence-corrected chi connectivity index (χ2v) is 18.4. The topological polar surface area (TPSA) is 23.0 Å². The van der Waals surface area contributed by atoms with Gasteiger partial charge in [-0.25, -0.2) is 0 Å². The molecule has 0 fully saturated rings. The molecule has 265 valence electrons. The fraction of sp³-hybridized carbons (Fsp3) is 0. The summed E-state index contributed by atoms with van der Waals surface area (Å²) in [6.45, 7) is 0. The van der Waals surface area contributed by atoms with Crippen LogP contribution in [0.2, 0.25) is 0 Å². The van der Waals surface area contributed by atoms with E-state index in [1.165, 1.54) is 70.3 Å². The van der Waals surface area contributed by atoms with Crippen molar-refractivity contribution in [3.63, 3.8) is 0 Å². The van der Waals surface area contributed by atoms with Crippen molar-refractivity contribution < 1.29 is 4.42 Å². The highest BCUT2D eigenvalue weighted by molar-refractivity contribution is 7.19. The van der Waals surface area contributed by atoms with Gasteiger partial charge in [0, 0.05) is 39.1 Å². The first-order chi connectivity index (χ1) is 27.8. The molecule has 0 aliphatic rings. The lowest BCUT2D eigenvalue weighted by atomic mass is 10.0. The van der Waals surface area contributed by atoms with Gasteiger partial charge >= 0.3 is 0 Å². The third-order valence-electron chi connectivity index (χ3n) is 11.6. The van der Waals surface area contributed by atoms with Crippen molar-refractivity contribution in [3.8, 4) is 22.5 Å². The minimum Gasteiger partial charge on any atom is -0.464 e. The molecule has 8 aromatic carbocycles. The Kier molecular flexibility index (Phi) is 7.51. The molecule has 11 rings (SSSR count). The Morgan fingerprint density at radius 3 is 1.62 bits per heavy atom. The van der Waals surface area contributed by atoms with Gasteiger partial charge in [0.25, 0.3) is 0 Å². The molecule has 0 atom stereocenters.